The van der Waals surface area contributed by atoms with E-state index in [1.807, 2.05) is 20.8 Å². The molecule has 1 aliphatic heterocycles. The highest BCUT2D eigenvalue weighted by Crippen LogP contribution is 2.27. The summed E-state index contributed by atoms with van der Waals surface area (Å²) in [7, 11) is 0. The zero-order valence-corrected chi connectivity index (χ0v) is 17.1. The van der Waals surface area contributed by atoms with Crippen molar-refractivity contribution >= 4 is 23.4 Å². The fourth-order valence-corrected chi connectivity index (χ4v) is 4.07. The van der Waals surface area contributed by atoms with Crippen LogP contribution in [0.2, 0.25) is 0 Å². The summed E-state index contributed by atoms with van der Waals surface area (Å²) in [5, 5.41) is 5.98. The fourth-order valence-electron chi connectivity index (χ4n) is 4.07. The molecule has 152 valence electrons. The first kappa shape index (κ1) is 20.4. The van der Waals surface area contributed by atoms with E-state index >= 15 is 0 Å². The third kappa shape index (κ3) is 4.72. The molecule has 2 aliphatic rings. The third-order valence-electron chi connectivity index (χ3n) is 5.68. The molecule has 1 saturated carbocycles. The van der Waals surface area contributed by atoms with Crippen LogP contribution in [0.3, 0.4) is 0 Å². The minimum atomic E-state index is -0.402. The third-order valence-corrected chi connectivity index (χ3v) is 5.68. The van der Waals surface area contributed by atoms with Crippen molar-refractivity contribution < 1.29 is 14.4 Å². The largest absolute Gasteiger partial charge is 0.349 e. The maximum atomic E-state index is 12.8. The van der Waals surface area contributed by atoms with Crippen LogP contribution in [0.25, 0.3) is 0 Å². The summed E-state index contributed by atoms with van der Waals surface area (Å²) in [5.41, 5.74) is 0.671. The number of carbonyl (C=O) groups excluding carboxylic acids is 3. The first-order valence-corrected chi connectivity index (χ1v) is 10.3. The first-order chi connectivity index (χ1) is 13.3. The van der Waals surface area contributed by atoms with Crippen LogP contribution in [0.4, 0.5) is 5.69 Å². The topological polar surface area (TPSA) is 78.5 Å². The molecule has 1 heterocycles. The summed E-state index contributed by atoms with van der Waals surface area (Å²) in [4.78, 5) is 39.5. The molecule has 2 N–H and O–H groups in total. The van der Waals surface area contributed by atoms with Crippen LogP contribution in [0.5, 0.6) is 0 Å². The number of anilines is 1. The van der Waals surface area contributed by atoms with Gasteiger partial charge in [0, 0.05) is 24.5 Å². The molecule has 1 aromatic carbocycles. The molecule has 6 nitrogen and oxygen atoms in total. The summed E-state index contributed by atoms with van der Waals surface area (Å²) >= 11 is 0. The molecule has 1 aliphatic carbocycles. The highest BCUT2D eigenvalue weighted by Gasteiger charge is 2.39. The Hall–Kier alpha value is -2.37. The molecule has 0 radical (unpaired) electrons. The molecular weight excluding hydrogens is 354 g/mol. The Morgan fingerprint density at radius 1 is 1.07 bits per heavy atom. The zero-order valence-electron chi connectivity index (χ0n) is 17.1. The van der Waals surface area contributed by atoms with E-state index in [2.05, 4.69) is 10.6 Å². The number of para-hydroxylation sites is 1. The van der Waals surface area contributed by atoms with Gasteiger partial charge in [-0.05, 0) is 45.7 Å². The van der Waals surface area contributed by atoms with E-state index < -0.39 is 5.92 Å². The SMILES string of the molecule is CC(C)(C)N1C[C@H](C(=O)Nc2ccccc2C(=O)NC2CCCCC2)CC1=O. The summed E-state index contributed by atoms with van der Waals surface area (Å²) in [5.74, 6) is -0.767. The number of amides is 3. The normalized spacial score (nSPS) is 20.9. The molecule has 0 bridgehead atoms. The Balaban J connectivity index is 1.67. The van der Waals surface area contributed by atoms with Crippen molar-refractivity contribution in [2.24, 2.45) is 5.92 Å². The second kappa shape index (κ2) is 8.33. The van der Waals surface area contributed by atoms with Gasteiger partial charge in [-0.25, -0.2) is 0 Å². The minimum absolute atomic E-state index is 0.00373. The molecule has 1 saturated heterocycles. The molecule has 3 rings (SSSR count). The summed E-state index contributed by atoms with van der Waals surface area (Å²) in [6, 6.07) is 7.28. The lowest BCUT2D eigenvalue weighted by Gasteiger charge is -2.32. The lowest BCUT2D eigenvalue weighted by atomic mass is 9.95. The van der Waals surface area contributed by atoms with Crippen LogP contribution in [0.15, 0.2) is 24.3 Å². The number of likely N-dealkylation sites (tertiary alicyclic amines) is 1. The first-order valence-electron chi connectivity index (χ1n) is 10.3. The van der Waals surface area contributed by atoms with Gasteiger partial charge >= 0.3 is 0 Å². The number of carbonyl (C=O) groups is 3. The van der Waals surface area contributed by atoms with Gasteiger partial charge in [-0.2, -0.15) is 0 Å². The van der Waals surface area contributed by atoms with Crippen LogP contribution in [-0.2, 0) is 9.59 Å². The van der Waals surface area contributed by atoms with Crippen molar-refractivity contribution in [3.05, 3.63) is 29.8 Å². The maximum absolute atomic E-state index is 12.8. The van der Waals surface area contributed by atoms with E-state index in [0.717, 1.165) is 25.7 Å². The second-order valence-corrected chi connectivity index (χ2v) is 8.92. The van der Waals surface area contributed by atoms with Gasteiger partial charge in [0.05, 0.1) is 17.2 Å². The predicted molar refractivity (Wildman–Crippen MR) is 109 cm³/mol. The van der Waals surface area contributed by atoms with Crippen LogP contribution >= 0.6 is 0 Å². The number of benzene rings is 1. The zero-order chi connectivity index (χ0) is 20.3. The maximum Gasteiger partial charge on any atom is 0.253 e. The van der Waals surface area contributed by atoms with Crippen molar-refractivity contribution in [3.8, 4) is 0 Å². The molecule has 2 fully saturated rings. The second-order valence-electron chi connectivity index (χ2n) is 8.92. The summed E-state index contributed by atoms with van der Waals surface area (Å²) in [6.45, 7) is 6.31. The average molecular weight is 386 g/mol. The molecule has 28 heavy (non-hydrogen) atoms. The minimum Gasteiger partial charge on any atom is -0.349 e. The Labute approximate surface area is 167 Å². The molecule has 1 atom stereocenters. The summed E-state index contributed by atoms with van der Waals surface area (Å²) < 4.78 is 0. The van der Waals surface area contributed by atoms with Crippen LogP contribution in [0.1, 0.15) is 69.7 Å². The smallest absolute Gasteiger partial charge is 0.253 e. The highest BCUT2D eigenvalue weighted by molar-refractivity contribution is 6.05. The molecule has 3 amide bonds. The van der Waals surface area contributed by atoms with Crippen molar-refractivity contribution in [2.75, 3.05) is 11.9 Å². The van der Waals surface area contributed by atoms with E-state index in [-0.39, 0.29) is 35.7 Å². The quantitative estimate of drug-likeness (QED) is 0.834. The van der Waals surface area contributed by atoms with Gasteiger partial charge in [0.15, 0.2) is 0 Å². The van der Waals surface area contributed by atoms with Gasteiger partial charge in [0.25, 0.3) is 5.91 Å². The average Bonchev–Trinajstić information content (AvgIpc) is 3.05. The molecule has 6 heteroatoms. The molecular formula is C22H31N3O3. The standard InChI is InChI=1S/C22H31N3O3/c1-22(2,3)25-14-15(13-19(25)26)20(27)24-18-12-8-7-11-17(18)21(28)23-16-9-5-4-6-10-16/h7-8,11-12,15-16H,4-6,9-10,13-14H2,1-3H3,(H,23,28)(H,24,27)/t15-/m1/s1. The number of hydrogen-bond acceptors (Lipinski definition) is 3. The van der Waals surface area contributed by atoms with Crippen LogP contribution in [0, 0.1) is 5.92 Å². The van der Waals surface area contributed by atoms with E-state index in [1.165, 1.54) is 6.42 Å². The van der Waals surface area contributed by atoms with E-state index in [0.29, 0.717) is 17.8 Å². The van der Waals surface area contributed by atoms with Crippen molar-refractivity contribution in [1.82, 2.24) is 10.2 Å². The molecule has 0 unspecified atom stereocenters. The number of nitrogens with one attached hydrogen (secondary N) is 2. The fraction of sp³-hybridized carbons (Fsp3) is 0.591. The van der Waals surface area contributed by atoms with E-state index in [9.17, 15) is 14.4 Å². The number of rotatable bonds is 4. The monoisotopic (exact) mass is 385 g/mol. The highest BCUT2D eigenvalue weighted by atomic mass is 16.2. The van der Waals surface area contributed by atoms with Crippen molar-refractivity contribution in [3.63, 3.8) is 0 Å². The van der Waals surface area contributed by atoms with Gasteiger partial charge in [0.1, 0.15) is 0 Å². The van der Waals surface area contributed by atoms with Gasteiger partial charge in [0.2, 0.25) is 11.8 Å². The van der Waals surface area contributed by atoms with Gasteiger partial charge in [-0.1, -0.05) is 31.4 Å². The number of nitrogens with zero attached hydrogens (tertiary/aromatic N) is 1. The van der Waals surface area contributed by atoms with Gasteiger partial charge in [-0.3, -0.25) is 14.4 Å². The Bertz CT molecular complexity index is 748. The van der Waals surface area contributed by atoms with Crippen LogP contribution < -0.4 is 10.6 Å². The number of hydrogen-bond donors (Lipinski definition) is 2. The molecule has 1 aromatic rings. The molecule has 0 spiro atoms. The van der Waals surface area contributed by atoms with Gasteiger partial charge < -0.3 is 15.5 Å². The van der Waals surface area contributed by atoms with E-state index in [1.54, 1.807) is 29.2 Å². The van der Waals surface area contributed by atoms with Crippen molar-refractivity contribution in [1.29, 1.82) is 0 Å². The molecule has 0 aromatic heterocycles. The Morgan fingerprint density at radius 3 is 2.39 bits per heavy atom. The summed E-state index contributed by atoms with van der Waals surface area (Å²) in [6.07, 6.45) is 5.73. The Kier molecular flexibility index (Phi) is 6.06. The van der Waals surface area contributed by atoms with Crippen molar-refractivity contribution in [2.45, 2.75) is 70.9 Å². The lowest BCUT2D eigenvalue weighted by Crippen LogP contribution is -2.42. The van der Waals surface area contributed by atoms with Crippen LogP contribution in [-0.4, -0.2) is 40.7 Å². The Morgan fingerprint density at radius 2 is 1.75 bits per heavy atom. The van der Waals surface area contributed by atoms with Gasteiger partial charge in [-0.15, -0.1) is 0 Å². The lowest BCUT2D eigenvalue weighted by molar-refractivity contribution is -0.131. The van der Waals surface area contributed by atoms with E-state index in [4.69, 9.17) is 0 Å². The predicted octanol–water partition coefficient (Wildman–Crippen LogP) is 3.33.